The molecule has 2 heterocycles. The molecule has 1 amide bonds. The van der Waals surface area contributed by atoms with Crippen LogP contribution in [-0.4, -0.2) is 27.2 Å². The van der Waals surface area contributed by atoms with Crippen molar-refractivity contribution in [1.82, 2.24) is 15.1 Å². The van der Waals surface area contributed by atoms with Gasteiger partial charge in [-0.1, -0.05) is 5.16 Å². The summed E-state index contributed by atoms with van der Waals surface area (Å²) in [5, 5.41) is 4.57. The van der Waals surface area contributed by atoms with Gasteiger partial charge in [0, 0.05) is 0 Å². The summed E-state index contributed by atoms with van der Waals surface area (Å²) < 4.78 is 76.8. The normalized spacial score (nSPS) is 12.3. The van der Waals surface area contributed by atoms with Crippen molar-refractivity contribution >= 4 is 11.6 Å². The Morgan fingerprint density at radius 1 is 1.14 bits per heavy atom. The third-order valence-corrected chi connectivity index (χ3v) is 2.18. The van der Waals surface area contributed by atoms with Gasteiger partial charge in [-0.3, -0.25) is 9.78 Å². The van der Waals surface area contributed by atoms with Gasteiger partial charge in [-0.2, -0.15) is 31.3 Å². The van der Waals surface area contributed by atoms with E-state index in [0.717, 1.165) is 18.3 Å². The second-order valence-electron chi connectivity index (χ2n) is 3.80. The van der Waals surface area contributed by atoms with Crippen molar-refractivity contribution in [2.75, 3.05) is 5.32 Å². The van der Waals surface area contributed by atoms with Crippen LogP contribution in [-0.2, 0) is 11.0 Å². The maximum Gasteiger partial charge on any atom is 0.471 e. The molecule has 2 aromatic rings. The van der Waals surface area contributed by atoms with E-state index in [-0.39, 0.29) is 11.4 Å². The van der Waals surface area contributed by atoms with Crippen LogP contribution in [0.4, 0.5) is 32.0 Å². The molecule has 0 atom stereocenters. The topological polar surface area (TPSA) is 80.9 Å². The number of nitrogens with one attached hydrogen (secondary N) is 1. The van der Waals surface area contributed by atoms with Crippen LogP contribution >= 0.6 is 0 Å². The second kappa shape index (κ2) is 5.27. The van der Waals surface area contributed by atoms with E-state index in [0.29, 0.717) is 0 Å². The molecular weight excluding hydrogens is 322 g/mol. The van der Waals surface area contributed by atoms with Crippen LogP contribution in [0.2, 0.25) is 0 Å². The van der Waals surface area contributed by atoms with Crippen LogP contribution in [0.3, 0.4) is 0 Å². The number of hydrogen-bond acceptors (Lipinski definition) is 5. The van der Waals surface area contributed by atoms with E-state index in [2.05, 4.69) is 19.6 Å². The molecule has 12 heteroatoms. The summed E-state index contributed by atoms with van der Waals surface area (Å²) in [5.74, 6) is -4.29. The van der Waals surface area contributed by atoms with E-state index < -0.39 is 30.0 Å². The fourth-order valence-corrected chi connectivity index (χ4v) is 1.24. The lowest BCUT2D eigenvalue weighted by Crippen LogP contribution is -2.29. The van der Waals surface area contributed by atoms with Crippen LogP contribution < -0.4 is 5.32 Å². The van der Waals surface area contributed by atoms with Crippen LogP contribution in [0.15, 0.2) is 22.9 Å². The first-order valence-corrected chi connectivity index (χ1v) is 5.33. The number of hydrogen-bond donors (Lipinski definition) is 1. The number of halogens is 6. The minimum atomic E-state index is -5.08. The van der Waals surface area contributed by atoms with Gasteiger partial charge in [-0.05, 0) is 12.1 Å². The van der Waals surface area contributed by atoms with Crippen molar-refractivity contribution in [3.05, 3.63) is 24.2 Å². The summed E-state index contributed by atoms with van der Waals surface area (Å²) in [6.45, 7) is 0. The molecule has 0 spiro atoms. The molecule has 0 unspecified atom stereocenters. The molecule has 2 aromatic heterocycles. The Morgan fingerprint density at radius 3 is 2.27 bits per heavy atom. The molecule has 0 aliphatic carbocycles. The molecule has 0 saturated heterocycles. The number of amides is 1. The lowest BCUT2D eigenvalue weighted by Gasteiger charge is -2.07. The zero-order chi connectivity index (χ0) is 16.5. The summed E-state index contributed by atoms with van der Waals surface area (Å²) in [4.78, 5) is 17.3. The van der Waals surface area contributed by atoms with Crippen LogP contribution in [0.1, 0.15) is 5.89 Å². The number of aromatic nitrogens is 3. The maximum atomic E-state index is 12.3. The number of rotatable bonds is 2. The summed E-state index contributed by atoms with van der Waals surface area (Å²) in [5.41, 5.74) is -0.477. The molecule has 0 radical (unpaired) electrons. The standard InChI is InChI=1S/C10H4F6N4O2/c11-9(12,13)7(21)18-4-1-2-5(17-3-4)6-19-8(22-20-6)10(14,15)16/h1-3H,(H,18,21). The molecule has 2 rings (SSSR count). The van der Waals surface area contributed by atoms with E-state index in [9.17, 15) is 31.1 Å². The quantitative estimate of drug-likeness (QED) is 0.858. The average molecular weight is 326 g/mol. The Labute approximate surface area is 117 Å². The van der Waals surface area contributed by atoms with E-state index in [1.165, 1.54) is 5.32 Å². The highest BCUT2D eigenvalue weighted by Gasteiger charge is 2.39. The van der Waals surface area contributed by atoms with Crippen LogP contribution in [0.5, 0.6) is 0 Å². The molecule has 118 valence electrons. The highest BCUT2D eigenvalue weighted by atomic mass is 19.4. The lowest BCUT2D eigenvalue weighted by atomic mass is 10.3. The highest BCUT2D eigenvalue weighted by molar-refractivity contribution is 5.94. The molecule has 0 saturated carbocycles. The zero-order valence-electron chi connectivity index (χ0n) is 10.2. The van der Waals surface area contributed by atoms with E-state index in [1.807, 2.05) is 0 Å². The van der Waals surface area contributed by atoms with Crippen molar-refractivity contribution in [3.63, 3.8) is 0 Å². The number of carbonyl (C=O) groups is 1. The number of pyridine rings is 1. The molecule has 0 aromatic carbocycles. The Balaban J connectivity index is 2.16. The molecule has 0 aliphatic heterocycles. The van der Waals surface area contributed by atoms with Gasteiger partial charge in [-0.25, -0.2) is 0 Å². The SMILES string of the molecule is O=C(Nc1ccc(-c2noc(C(F)(F)F)n2)nc1)C(F)(F)F. The van der Waals surface area contributed by atoms with Crippen molar-refractivity contribution in [2.24, 2.45) is 0 Å². The van der Waals surface area contributed by atoms with Crippen molar-refractivity contribution < 1.29 is 35.7 Å². The highest BCUT2D eigenvalue weighted by Crippen LogP contribution is 2.29. The molecule has 0 fully saturated rings. The third-order valence-electron chi connectivity index (χ3n) is 2.18. The van der Waals surface area contributed by atoms with E-state index >= 15 is 0 Å². The monoisotopic (exact) mass is 326 g/mol. The van der Waals surface area contributed by atoms with Gasteiger partial charge in [0.2, 0.25) is 5.82 Å². The van der Waals surface area contributed by atoms with Crippen LogP contribution in [0.25, 0.3) is 11.5 Å². The Hall–Kier alpha value is -2.66. The molecule has 0 aliphatic rings. The first-order chi connectivity index (χ1) is 10.1. The van der Waals surface area contributed by atoms with Gasteiger partial charge in [0.1, 0.15) is 5.69 Å². The predicted octanol–water partition coefficient (Wildman–Crippen LogP) is 2.65. The molecule has 1 N–H and O–H groups in total. The first-order valence-electron chi connectivity index (χ1n) is 5.33. The van der Waals surface area contributed by atoms with Crippen molar-refractivity contribution in [1.29, 1.82) is 0 Å². The fourth-order valence-electron chi connectivity index (χ4n) is 1.24. The Bertz CT molecular complexity index is 676. The average Bonchev–Trinajstić information content (AvgIpc) is 2.88. The number of alkyl halides is 6. The van der Waals surface area contributed by atoms with Gasteiger partial charge < -0.3 is 9.84 Å². The van der Waals surface area contributed by atoms with Gasteiger partial charge in [-0.15, -0.1) is 0 Å². The van der Waals surface area contributed by atoms with Crippen molar-refractivity contribution in [3.8, 4) is 11.5 Å². The van der Waals surface area contributed by atoms with E-state index in [1.54, 1.807) is 0 Å². The summed E-state index contributed by atoms with van der Waals surface area (Å²) >= 11 is 0. The van der Waals surface area contributed by atoms with Crippen molar-refractivity contribution in [2.45, 2.75) is 12.4 Å². The minimum Gasteiger partial charge on any atom is -0.329 e. The number of anilines is 1. The first kappa shape index (κ1) is 15.7. The Morgan fingerprint density at radius 2 is 1.82 bits per heavy atom. The molecule has 22 heavy (non-hydrogen) atoms. The summed E-state index contributed by atoms with van der Waals surface area (Å²) in [6.07, 6.45) is -9.09. The predicted molar refractivity (Wildman–Crippen MR) is 57.2 cm³/mol. The smallest absolute Gasteiger partial charge is 0.329 e. The number of carbonyl (C=O) groups excluding carboxylic acids is 1. The van der Waals surface area contributed by atoms with Gasteiger partial charge in [0.25, 0.3) is 0 Å². The number of nitrogens with zero attached hydrogens (tertiary/aromatic N) is 3. The molecule has 6 nitrogen and oxygen atoms in total. The minimum absolute atomic E-state index is 0.177. The van der Waals surface area contributed by atoms with Gasteiger partial charge in [0.15, 0.2) is 0 Å². The van der Waals surface area contributed by atoms with E-state index in [4.69, 9.17) is 0 Å². The van der Waals surface area contributed by atoms with Gasteiger partial charge in [0.05, 0.1) is 11.9 Å². The van der Waals surface area contributed by atoms with Gasteiger partial charge >= 0.3 is 24.2 Å². The Kier molecular flexibility index (Phi) is 3.77. The largest absolute Gasteiger partial charge is 0.471 e. The molecular formula is C10H4F6N4O2. The zero-order valence-corrected chi connectivity index (χ0v) is 10.2. The summed E-state index contributed by atoms with van der Waals surface area (Å²) in [6, 6.07) is 2.02. The fraction of sp³-hybridized carbons (Fsp3) is 0.200. The molecule has 0 bridgehead atoms. The summed E-state index contributed by atoms with van der Waals surface area (Å²) in [7, 11) is 0. The van der Waals surface area contributed by atoms with Crippen LogP contribution in [0, 0.1) is 0 Å². The third kappa shape index (κ3) is 3.51. The second-order valence-corrected chi connectivity index (χ2v) is 3.80. The maximum absolute atomic E-state index is 12.3. The lowest BCUT2D eigenvalue weighted by molar-refractivity contribution is -0.167.